The van der Waals surface area contributed by atoms with Gasteiger partial charge >= 0.3 is 0 Å². The highest BCUT2D eigenvalue weighted by Crippen LogP contribution is 2.33. The second-order valence-corrected chi connectivity index (χ2v) is 9.41. The quantitative estimate of drug-likeness (QED) is 0.187. The Bertz CT molecular complexity index is 1320. The maximum atomic E-state index is 12.7. The number of non-ortho nitro benzene ring substituents is 1. The van der Waals surface area contributed by atoms with E-state index in [1.807, 2.05) is 55.5 Å². The number of anilines is 1. The third-order valence-corrected chi connectivity index (χ3v) is 6.20. The highest BCUT2D eigenvalue weighted by Gasteiger charge is 2.16. The van der Waals surface area contributed by atoms with Gasteiger partial charge in [-0.05, 0) is 61.5 Å². The van der Waals surface area contributed by atoms with Crippen LogP contribution in [0.4, 0.5) is 11.4 Å². The van der Waals surface area contributed by atoms with E-state index in [0.29, 0.717) is 22.1 Å². The summed E-state index contributed by atoms with van der Waals surface area (Å²) in [5.41, 5.74) is 1.31. The molecule has 4 aromatic rings. The first-order valence-corrected chi connectivity index (χ1v) is 11.8. The van der Waals surface area contributed by atoms with Crippen LogP contribution in [0, 0.1) is 17.0 Å². The average Bonchev–Trinajstić information content (AvgIpc) is 3.29. The molecular formula is C25H19BrN2O5S. The van der Waals surface area contributed by atoms with Crippen LogP contribution in [0.3, 0.4) is 0 Å². The number of benzene rings is 3. The van der Waals surface area contributed by atoms with Crippen molar-refractivity contribution in [3.05, 3.63) is 111 Å². The van der Waals surface area contributed by atoms with Gasteiger partial charge in [0.1, 0.15) is 18.1 Å². The molecular weight excluding hydrogens is 520 g/mol. The lowest BCUT2D eigenvalue weighted by Gasteiger charge is -2.08. The zero-order valence-electron chi connectivity index (χ0n) is 18.0. The van der Waals surface area contributed by atoms with E-state index >= 15 is 0 Å². The van der Waals surface area contributed by atoms with Gasteiger partial charge in [-0.1, -0.05) is 45.4 Å². The number of nitro groups is 1. The van der Waals surface area contributed by atoms with Crippen molar-refractivity contribution in [3.8, 4) is 5.75 Å². The second kappa shape index (κ2) is 10.6. The lowest BCUT2D eigenvalue weighted by Crippen LogP contribution is -2.11. The van der Waals surface area contributed by atoms with E-state index in [0.717, 1.165) is 14.9 Å². The van der Waals surface area contributed by atoms with E-state index in [1.165, 1.54) is 30.0 Å². The van der Waals surface area contributed by atoms with Crippen LogP contribution in [0.25, 0.3) is 0 Å². The van der Waals surface area contributed by atoms with Crippen LogP contribution in [-0.4, -0.2) is 10.8 Å². The lowest BCUT2D eigenvalue weighted by molar-refractivity contribution is -0.385. The van der Waals surface area contributed by atoms with E-state index in [4.69, 9.17) is 9.15 Å². The zero-order valence-corrected chi connectivity index (χ0v) is 20.4. The van der Waals surface area contributed by atoms with E-state index in [1.54, 1.807) is 12.1 Å². The maximum absolute atomic E-state index is 12.7. The first-order valence-electron chi connectivity index (χ1n) is 10.2. The van der Waals surface area contributed by atoms with E-state index in [9.17, 15) is 14.9 Å². The van der Waals surface area contributed by atoms with Gasteiger partial charge in [-0.3, -0.25) is 14.9 Å². The Morgan fingerprint density at radius 3 is 2.47 bits per heavy atom. The molecule has 1 amide bonds. The van der Waals surface area contributed by atoms with Gasteiger partial charge < -0.3 is 14.5 Å². The molecule has 0 spiro atoms. The molecule has 34 heavy (non-hydrogen) atoms. The number of nitrogens with zero attached hydrogens (tertiary/aromatic N) is 1. The Morgan fingerprint density at radius 1 is 1.03 bits per heavy atom. The van der Waals surface area contributed by atoms with Crippen LogP contribution in [0.5, 0.6) is 5.75 Å². The van der Waals surface area contributed by atoms with Crippen molar-refractivity contribution in [2.45, 2.75) is 23.3 Å². The van der Waals surface area contributed by atoms with E-state index in [-0.39, 0.29) is 18.1 Å². The summed E-state index contributed by atoms with van der Waals surface area (Å²) in [6.07, 6.45) is 0. The summed E-state index contributed by atoms with van der Waals surface area (Å²) in [6, 6.07) is 22.9. The number of hydrogen-bond donors (Lipinski definition) is 1. The lowest BCUT2D eigenvalue weighted by atomic mass is 10.2. The topological polar surface area (TPSA) is 94.6 Å². The molecule has 0 aliphatic rings. The minimum atomic E-state index is -0.512. The molecule has 1 aromatic heterocycles. The van der Waals surface area contributed by atoms with Gasteiger partial charge in [0.05, 0.1) is 4.92 Å². The number of aryl methyl sites for hydroxylation is 1. The van der Waals surface area contributed by atoms with E-state index < -0.39 is 10.8 Å². The Kier molecular flexibility index (Phi) is 7.34. The van der Waals surface area contributed by atoms with Crippen molar-refractivity contribution < 1.29 is 18.9 Å². The summed E-state index contributed by atoms with van der Waals surface area (Å²) < 4.78 is 12.2. The Labute approximate surface area is 208 Å². The van der Waals surface area contributed by atoms with Crippen LogP contribution in [0.2, 0.25) is 0 Å². The Morgan fingerprint density at radius 2 is 1.76 bits per heavy atom. The largest absolute Gasteiger partial charge is 0.486 e. The number of amides is 1. The summed E-state index contributed by atoms with van der Waals surface area (Å²) in [5.74, 6) is 0.707. The summed E-state index contributed by atoms with van der Waals surface area (Å²) in [5, 5.41) is 14.1. The highest BCUT2D eigenvalue weighted by molar-refractivity contribution is 9.10. The van der Waals surface area contributed by atoms with Gasteiger partial charge in [0.25, 0.3) is 11.6 Å². The summed E-state index contributed by atoms with van der Waals surface area (Å²) in [4.78, 5) is 25.2. The summed E-state index contributed by atoms with van der Waals surface area (Å²) >= 11 is 4.74. The summed E-state index contributed by atoms with van der Waals surface area (Å²) in [6.45, 7) is 2.14. The molecule has 1 N–H and O–H groups in total. The molecule has 0 atom stereocenters. The molecule has 0 aliphatic heterocycles. The standard InChI is InChI=1S/C25H19BrN2O5S/c1-16-2-9-22(10-3-16)34-23-13-18(12-19(14-23)28(30)31)27-25(29)24-11-8-21(33-24)15-32-20-6-4-17(26)5-7-20/h2-14H,15H2,1H3,(H,27,29). The fourth-order valence-electron chi connectivity index (χ4n) is 3.02. The smallest absolute Gasteiger partial charge is 0.291 e. The van der Waals surface area contributed by atoms with Crippen LogP contribution in [0.1, 0.15) is 21.9 Å². The first kappa shape index (κ1) is 23.6. The molecule has 1 heterocycles. The molecule has 0 saturated carbocycles. The molecule has 0 saturated heterocycles. The number of carbonyl (C=O) groups is 1. The van der Waals surface area contributed by atoms with Crippen molar-refractivity contribution >= 4 is 45.0 Å². The average molecular weight is 539 g/mol. The summed E-state index contributed by atoms with van der Waals surface area (Å²) in [7, 11) is 0. The molecule has 0 radical (unpaired) electrons. The number of hydrogen-bond acceptors (Lipinski definition) is 6. The third-order valence-electron chi connectivity index (χ3n) is 4.70. The van der Waals surface area contributed by atoms with Gasteiger partial charge in [-0.2, -0.15) is 0 Å². The van der Waals surface area contributed by atoms with Crippen molar-refractivity contribution in [3.63, 3.8) is 0 Å². The molecule has 0 bridgehead atoms. The predicted molar refractivity (Wildman–Crippen MR) is 134 cm³/mol. The van der Waals surface area contributed by atoms with Crippen LogP contribution in [-0.2, 0) is 6.61 Å². The van der Waals surface area contributed by atoms with Crippen LogP contribution in [0.15, 0.2) is 97.5 Å². The van der Waals surface area contributed by atoms with E-state index in [2.05, 4.69) is 21.2 Å². The fraction of sp³-hybridized carbons (Fsp3) is 0.0800. The van der Waals surface area contributed by atoms with Crippen LogP contribution >= 0.6 is 27.7 Å². The number of ether oxygens (including phenoxy) is 1. The second-order valence-electron chi connectivity index (χ2n) is 7.35. The molecule has 4 rings (SSSR count). The van der Waals surface area contributed by atoms with Gasteiger partial charge in [0.15, 0.2) is 5.76 Å². The van der Waals surface area contributed by atoms with Gasteiger partial charge in [0.2, 0.25) is 0 Å². The zero-order chi connectivity index (χ0) is 24.1. The molecule has 9 heteroatoms. The van der Waals surface area contributed by atoms with Crippen LogP contribution < -0.4 is 10.1 Å². The number of furan rings is 1. The van der Waals surface area contributed by atoms with Gasteiger partial charge in [-0.25, -0.2) is 0 Å². The maximum Gasteiger partial charge on any atom is 0.291 e. The van der Waals surface area contributed by atoms with Crippen molar-refractivity contribution in [2.75, 3.05) is 5.32 Å². The molecule has 172 valence electrons. The molecule has 0 fully saturated rings. The minimum Gasteiger partial charge on any atom is -0.486 e. The molecule has 0 unspecified atom stereocenters. The first-order chi connectivity index (χ1) is 16.4. The molecule has 0 aliphatic carbocycles. The number of carbonyl (C=O) groups excluding carboxylic acids is 1. The minimum absolute atomic E-state index is 0.0775. The van der Waals surface area contributed by atoms with Crippen molar-refractivity contribution in [1.29, 1.82) is 0 Å². The number of halogens is 1. The number of rotatable bonds is 8. The fourth-order valence-corrected chi connectivity index (χ4v) is 4.19. The SMILES string of the molecule is Cc1ccc(Sc2cc(NC(=O)c3ccc(COc4ccc(Br)cc4)o3)cc([N+](=O)[O-])c2)cc1. The number of nitrogens with one attached hydrogen (secondary N) is 1. The Balaban J connectivity index is 1.45. The van der Waals surface area contributed by atoms with Gasteiger partial charge in [0, 0.05) is 32.1 Å². The van der Waals surface area contributed by atoms with Crippen molar-refractivity contribution in [2.24, 2.45) is 0 Å². The monoisotopic (exact) mass is 538 g/mol. The third kappa shape index (κ3) is 6.27. The van der Waals surface area contributed by atoms with Gasteiger partial charge in [-0.15, -0.1) is 0 Å². The predicted octanol–water partition coefficient (Wildman–Crippen LogP) is 7.24. The highest BCUT2D eigenvalue weighted by atomic mass is 79.9. The molecule has 3 aromatic carbocycles. The normalized spacial score (nSPS) is 10.6. The van der Waals surface area contributed by atoms with Crippen molar-refractivity contribution in [1.82, 2.24) is 0 Å². The Hall–Kier alpha value is -3.56. The number of nitro benzene ring substituents is 1. The molecule has 7 nitrogen and oxygen atoms in total.